The van der Waals surface area contributed by atoms with Crippen molar-refractivity contribution in [3.8, 4) is 17.4 Å². The summed E-state index contributed by atoms with van der Waals surface area (Å²) in [7, 11) is -0.823. The fourth-order valence-corrected chi connectivity index (χ4v) is 5.55. The Labute approximate surface area is 208 Å². The summed E-state index contributed by atoms with van der Waals surface area (Å²) < 4.78 is 45.1. The highest BCUT2D eigenvalue weighted by Crippen LogP contribution is 2.35. The lowest BCUT2D eigenvalue weighted by molar-refractivity contribution is 0.193. The Bertz CT molecular complexity index is 1260. The first kappa shape index (κ1) is 25.2. The van der Waals surface area contributed by atoms with Gasteiger partial charge in [0, 0.05) is 30.8 Å². The van der Waals surface area contributed by atoms with Crippen molar-refractivity contribution in [2.75, 3.05) is 27.4 Å². The van der Waals surface area contributed by atoms with Gasteiger partial charge in [0.05, 0.1) is 31.1 Å². The number of rotatable bonds is 9. The van der Waals surface area contributed by atoms with Gasteiger partial charge in [0.25, 0.3) is 0 Å². The number of methoxy groups -OCH3 is 2. The molecule has 12 nitrogen and oxygen atoms in total. The Kier molecular flexibility index (Phi) is 7.47. The normalized spacial score (nSPS) is 17.8. The summed E-state index contributed by atoms with van der Waals surface area (Å²) in [5.41, 5.74) is 0.330. The zero-order chi connectivity index (χ0) is 25.2. The summed E-state index contributed by atoms with van der Waals surface area (Å²) in [5.74, 6) is 0.532. The van der Waals surface area contributed by atoms with Crippen molar-refractivity contribution in [2.45, 2.75) is 43.1 Å². The van der Waals surface area contributed by atoms with Crippen molar-refractivity contribution in [1.29, 1.82) is 0 Å². The second-order valence-corrected chi connectivity index (χ2v) is 11.0. The molecule has 0 aromatic carbocycles. The predicted octanol–water partition coefficient (Wildman–Crippen LogP) is 2.13. The molecule has 3 aromatic heterocycles. The van der Waals surface area contributed by atoms with E-state index in [2.05, 4.69) is 30.1 Å². The first-order valence-corrected chi connectivity index (χ1v) is 13.0. The van der Waals surface area contributed by atoms with Gasteiger partial charge >= 0.3 is 0 Å². The summed E-state index contributed by atoms with van der Waals surface area (Å²) in [6.45, 7) is 4.39. The zero-order valence-corrected chi connectivity index (χ0v) is 21.3. The summed E-state index contributed by atoms with van der Waals surface area (Å²) in [4.78, 5) is 16.7. The topological polar surface area (TPSA) is 144 Å². The first-order valence-electron chi connectivity index (χ1n) is 10.9. The van der Waals surface area contributed by atoms with Crippen LogP contribution in [0.4, 0.5) is 0 Å². The number of hydrogen-bond acceptors (Lipinski definition) is 11. The molecule has 0 N–H and O–H groups in total. The third-order valence-corrected chi connectivity index (χ3v) is 8.46. The van der Waals surface area contributed by atoms with Gasteiger partial charge in [-0.25, -0.2) is 18.4 Å². The number of hydrogen-bond donors (Lipinski definition) is 0. The van der Waals surface area contributed by atoms with Gasteiger partial charge in [0.2, 0.25) is 11.8 Å². The fourth-order valence-electron chi connectivity index (χ4n) is 3.90. The van der Waals surface area contributed by atoms with E-state index in [0.29, 0.717) is 42.0 Å². The Hall–Kier alpha value is -2.90. The molecule has 0 saturated carbocycles. The molecular formula is C21H26ClN7O5S. The van der Waals surface area contributed by atoms with Crippen LogP contribution in [-0.4, -0.2) is 75.8 Å². The zero-order valence-electron chi connectivity index (χ0n) is 19.8. The van der Waals surface area contributed by atoms with E-state index in [1.165, 1.54) is 32.9 Å². The monoisotopic (exact) mass is 523 g/mol. The van der Waals surface area contributed by atoms with Gasteiger partial charge in [-0.2, -0.15) is 9.97 Å². The molecule has 35 heavy (non-hydrogen) atoms. The highest BCUT2D eigenvalue weighted by Gasteiger charge is 2.35. The maximum absolute atomic E-state index is 13.5. The van der Waals surface area contributed by atoms with E-state index in [9.17, 15) is 8.42 Å². The van der Waals surface area contributed by atoms with Crippen molar-refractivity contribution < 1.29 is 22.6 Å². The van der Waals surface area contributed by atoms with Crippen LogP contribution in [0.1, 0.15) is 49.6 Å². The van der Waals surface area contributed by atoms with Crippen molar-refractivity contribution in [1.82, 2.24) is 34.7 Å². The molecule has 4 rings (SSSR count). The van der Waals surface area contributed by atoms with Crippen LogP contribution in [0, 0.1) is 0 Å². The van der Waals surface area contributed by atoms with Crippen LogP contribution in [0.25, 0.3) is 5.69 Å². The van der Waals surface area contributed by atoms with Gasteiger partial charge in [0.15, 0.2) is 21.3 Å². The molecular weight excluding hydrogens is 498 g/mol. The average molecular weight is 524 g/mol. The minimum atomic E-state index is -3.74. The van der Waals surface area contributed by atoms with Gasteiger partial charge in [0.1, 0.15) is 23.7 Å². The lowest BCUT2D eigenvalue weighted by Crippen LogP contribution is -2.27. The molecule has 0 radical (unpaired) electrons. The van der Waals surface area contributed by atoms with Crippen LogP contribution in [0.5, 0.6) is 11.8 Å². The van der Waals surface area contributed by atoms with Gasteiger partial charge in [-0.05, 0) is 13.3 Å². The smallest absolute Gasteiger partial charge is 0.245 e. The Morgan fingerprint density at radius 1 is 1.11 bits per heavy atom. The number of ether oxygens (including phenoxy) is 3. The standard InChI is InChI=1S/C21H26ClN7O5S/c1-12(18-23-7-15(22)8-24-18)13(2)35(30,31)10-16-27-28-19(14-5-6-34-9-14)29(16)17-20(32-3)25-11-26-21(17)33-4/h7-8,11-14H,5-6,9-10H2,1-4H3/t12-,13-,14-/m0/s1. The molecule has 188 valence electrons. The lowest BCUT2D eigenvalue weighted by atomic mass is 10.1. The summed E-state index contributed by atoms with van der Waals surface area (Å²) in [5, 5.41) is 8.17. The largest absolute Gasteiger partial charge is 0.479 e. The Balaban J connectivity index is 1.76. The molecule has 1 fully saturated rings. The van der Waals surface area contributed by atoms with Gasteiger partial charge in [-0.1, -0.05) is 18.5 Å². The molecule has 1 aliphatic rings. The molecule has 3 atom stereocenters. The highest BCUT2D eigenvalue weighted by molar-refractivity contribution is 7.91. The number of nitrogens with zero attached hydrogens (tertiary/aromatic N) is 7. The third kappa shape index (κ3) is 5.07. The third-order valence-electron chi connectivity index (χ3n) is 6.06. The molecule has 3 aromatic rings. The molecule has 0 spiro atoms. The predicted molar refractivity (Wildman–Crippen MR) is 126 cm³/mol. The van der Waals surface area contributed by atoms with Gasteiger partial charge < -0.3 is 14.2 Å². The second kappa shape index (κ2) is 10.4. The van der Waals surface area contributed by atoms with E-state index < -0.39 is 26.8 Å². The van der Waals surface area contributed by atoms with E-state index in [-0.39, 0.29) is 23.5 Å². The van der Waals surface area contributed by atoms with Crippen LogP contribution in [0.15, 0.2) is 18.7 Å². The maximum atomic E-state index is 13.5. The second-order valence-electron chi connectivity index (χ2n) is 8.17. The van der Waals surface area contributed by atoms with Crippen LogP contribution in [-0.2, 0) is 20.3 Å². The molecule has 0 amide bonds. The summed E-state index contributed by atoms with van der Waals surface area (Å²) in [6.07, 6.45) is 4.90. The Morgan fingerprint density at radius 2 is 1.77 bits per heavy atom. The Morgan fingerprint density at radius 3 is 2.34 bits per heavy atom. The van der Waals surface area contributed by atoms with Crippen molar-refractivity contribution in [3.63, 3.8) is 0 Å². The van der Waals surface area contributed by atoms with E-state index in [1.807, 2.05) is 0 Å². The van der Waals surface area contributed by atoms with E-state index in [1.54, 1.807) is 18.4 Å². The van der Waals surface area contributed by atoms with Crippen LogP contribution < -0.4 is 9.47 Å². The van der Waals surface area contributed by atoms with Crippen LogP contribution >= 0.6 is 11.6 Å². The van der Waals surface area contributed by atoms with Gasteiger partial charge in [-0.3, -0.25) is 4.57 Å². The van der Waals surface area contributed by atoms with Crippen molar-refractivity contribution in [3.05, 3.63) is 41.2 Å². The minimum absolute atomic E-state index is 0.0904. The number of halogens is 1. The molecule has 1 saturated heterocycles. The summed E-state index contributed by atoms with van der Waals surface area (Å²) >= 11 is 5.87. The van der Waals surface area contributed by atoms with Crippen molar-refractivity contribution in [2.24, 2.45) is 0 Å². The lowest BCUT2D eigenvalue weighted by Gasteiger charge is -2.20. The molecule has 0 aliphatic carbocycles. The summed E-state index contributed by atoms with van der Waals surface area (Å²) in [6, 6.07) is 0. The molecule has 14 heteroatoms. The minimum Gasteiger partial charge on any atom is -0.479 e. The quantitative estimate of drug-likeness (QED) is 0.406. The first-order chi connectivity index (χ1) is 16.8. The highest BCUT2D eigenvalue weighted by atomic mass is 35.5. The van der Waals surface area contributed by atoms with Gasteiger partial charge in [-0.15, -0.1) is 10.2 Å². The van der Waals surface area contributed by atoms with Crippen LogP contribution in [0.2, 0.25) is 5.02 Å². The van der Waals surface area contributed by atoms with Crippen LogP contribution in [0.3, 0.4) is 0 Å². The average Bonchev–Trinajstić information content (AvgIpc) is 3.52. The molecule has 1 aliphatic heterocycles. The molecule has 4 heterocycles. The van der Waals surface area contributed by atoms with E-state index >= 15 is 0 Å². The maximum Gasteiger partial charge on any atom is 0.245 e. The SMILES string of the molecule is COc1ncnc(OC)c1-n1c(CS(=O)(=O)[C@@H](C)[C@H](C)c2ncc(Cl)cn2)nnc1[C@H]1CCOC1. The number of aromatic nitrogens is 7. The molecule has 0 unspecified atom stereocenters. The fraction of sp³-hybridized carbons (Fsp3) is 0.524. The molecule has 0 bridgehead atoms. The number of sulfone groups is 1. The van der Waals surface area contributed by atoms with E-state index in [0.717, 1.165) is 0 Å². The van der Waals surface area contributed by atoms with Crippen molar-refractivity contribution >= 4 is 21.4 Å². The van der Waals surface area contributed by atoms with E-state index in [4.69, 9.17) is 25.8 Å².